The largest absolute Gasteiger partial charge is 0.508 e. The molecular weight excluding hydrogens is 250 g/mol. The molecule has 0 spiro atoms. The summed E-state index contributed by atoms with van der Waals surface area (Å²) in [4.78, 5) is 6.43. The number of benzene rings is 1. The van der Waals surface area contributed by atoms with Gasteiger partial charge in [0.25, 0.3) is 0 Å². The number of aromatic nitrogens is 1. The number of hydrogen-bond acceptors (Lipinski definition) is 4. The standard InChI is InChI=1S/C16H17N3O/c1-4-19(15-9-14(20)8-5-11(15)2)16-13(10-17)7-6-12(3)18-16/h5-9,20H,4H2,1-3H3. The third kappa shape index (κ3) is 2.57. The van der Waals surface area contributed by atoms with Gasteiger partial charge in [0.1, 0.15) is 11.8 Å². The van der Waals surface area contributed by atoms with Crippen LogP contribution in [-0.4, -0.2) is 16.6 Å². The van der Waals surface area contributed by atoms with Crippen molar-refractivity contribution in [3.8, 4) is 11.8 Å². The molecule has 0 aliphatic heterocycles. The molecule has 20 heavy (non-hydrogen) atoms. The fourth-order valence-electron chi connectivity index (χ4n) is 2.16. The van der Waals surface area contributed by atoms with Crippen LogP contribution in [0.2, 0.25) is 0 Å². The van der Waals surface area contributed by atoms with Crippen LogP contribution in [0.25, 0.3) is 0 Å². The number of hydrogen-bond donors (Lipinski definition) is 1. The van der Waals surface area contributed by atoms with E-state index in [1.807, 2.05) is 37.8 Å². The molecule has 1 aromatic carbocycles. The van der Waals surface area contributed by atoms with Crippen molar-refractivity contribution in [3.63, 3.8) is 0 Å². The molecule has 1 N–H and O–H groups in total. The van der Waals surface area contributed by atoms with E-state index in [-0.39, 0.29) is 5.75 Å². The molecule has 0 amide bonds. The predicted octanol–water partition coefficient (Wildman–Crippen LogP) is 3.43. The molecule has 1 aromatic heterocycles. The van der Waals surface area contributed by atoms with Crippen molar-refractivity contribution in [1.82, 2.24) is 4.98 Å². The number of phenolic OH excluding ortho intramolecular Hbond substituents is 1. The third-order valence-corrected chi connectivity index (χ3v) is 3.19. The number of nitriles is 1. The van der Waals surface area contributed by atoms with Gasteiger partial charge in [-0.2, -0.15) is 5.26 Å². The van der Waals surface area contributed by atoms with E-state index < -0.39 is 0 Å². The minimum absolute atomic E-state index is 0.204. The third-order valence-electron chi connectivity index (χ3n) is 3.19. The summed E-state index contributed by atoms with van der Waals surface area (Å²) in [6.07, 6.45) is 0. The van der Waals surface area contributed by atoms with Crippen molar-refractivity contribution in [3.05, 3.63) is 47.2 Å². The Bertz CT molecular complexity index is 674. The van der Waals surface area contributed by atoms with E-state index in [9.17, 15) is 10.4 Å². The zero-order valence-electron chi connectivity index (χ0n) is 11.9. The molecule has 0 saturated heterocycles. The molecule has 0 saturated carbocycles. The molecule has 4 heteroatoms. The van der Waals surface area contributed by atoms with Crippen LogP contribution in [0.5, 0.6) is 5.75 Å². The zero-order chi connectivity index (χ0) is 14.7. The Hall–Kier alpha value is -2.54. The first-order chi connectivity index (χ1) is 9.56. The van der Waals surface area contributed by atoms with Crippen LogP contribution >= 0.6 is 0 Å². The lowest BCUT2D eigenvalue weighted by Crippen LogP contribution is -2.20. The van der Waals surface area contributed by atoms with Crippen LogP contribution in [0.1, 0.15) is 23.7 Å². The van der Waals surface area contributed by atoms with Gasteiger partial charge in [-0.15, -0.1) is 0 Å². The summed E-state index contributed by atoms with van der Waals surface area (Å²) in [5, 5.41) is 19.0. The van der Waals surface area contributed by atoms with Crippen molar-refractivity contribution in [1.29, 1.82) is 5.26 Å². The van der Waals surface area contributed by atoms with Crippen molar-refractivity contribution in [2.45, 2.75) is 20.8 Å². The fourth-order valence-corrected chi connectivity index (χ4v) is 2.16. The van der Waals surface area contributed by atoms with E-state index in [2.05, 4.69) is 11.1 Å². The van der Waals surface area contributed by atoms with Gasteiger partial charge in [0.05, 0.1) is 5.56 Å². The van der Waals surface area contributed by atoms with Gasteiger partial charge in [-0.1, -0.05) is 6.07 Å². The summed E-state index contributed by atoms with van der Waals surface area (Å²) >= 11 is 0. The van der Waals surface area contributed by atoms with Crippen molar-refractivity contribution in [2.75, 3.05) is 11.4 Å². The Kier molecular flexibility index (Phi) is 3.90. The lowest BCUT2D eigenvalue weighted by molar-refractivity contribution is 0.475. The minimum Gasteiger partial charge on any atom is -0.508 e. The molecule has 0 aliphatic rings. The number of aryl methyl sites for hydroxylation is 2. The predicted molar refractivity (Wildman–Crippen MR) is 79.2 cm³/mol. The second-order valence-electron chi connectivity index (χ2n) is 4.65. The van der Waals surface area contributed by atoms with E-state index in [1.54, 1.807) is 18.2 Å². The summed E-state index contributed by atoms with van der Waals surface area (Å²) in [6.45, 7) is 6.52. The summed E-state index contributed by atoms with van der Waals surface area (Å²) in [5.74, 6) is 0.832. The van der Waals surface area contributed by atoms with E-state index in [1.165, 1.54) is 0 Å². The number of rotatable bonds is 3. The normalized spacial score (nSPS) is 10.1. The molecule has 4 nitrogen and oxygen atoms in total. The molecule has 1 heterocycles. The first kappa shape index (κ1) is 13.9. The van der Waals surface area contributed by atoms with Crippen LogP contribution < -0.4 is 4.90 Å². The average Bonchev–Trinajstić information content (AvgIpc) is 2.44. The van der Waals surface area contributed by atoms with Crippen LogP contribution in [-0.2, 0) is 0 Å². The van der Waals surface area contributed by atoms with Gasteiger partial charge >= 0.3 is 0 Å². The highest BCUT2D eigenvalue weighted by Crippen LogP contribution is 2.31. The van der Waals surface area contributed by atoms with Crippen molar-refractivity contribution in [2.24, 2.45) is 0 Å². The number of aromatic hydroxyl groups is 1. The molecular formula is C16H17N3O. The Balaban J connectivity index is 2.61. The molecule has 0 bridgehead atoms. The van der Waals surface area contributed by atoms with Gasteiger partial charge in [0.15, 0.2) is 5.82 Å². The van der Waals surface area contributed by atoms with Gasteiger partial charge < -0.3 is 10.0 Å². The van der Waals surface area contributed by atoms with Crippen LogP contribution in [0.4, 0.5) is 11.5 Å². The number of phenols is 1. The molecule has 0 unspecified atom stereocenters. The van der Waals surface area contributed by atoms with E-state index in [0.29, 0.717) is 17.9 Å². The maximum atomic E-state index is 9.70. The summed E-state index contributed by atoms with van der Waals surface area (Å²) < 4.78 is 0. The Morgan fingerprint density at radius 3 is 2.65 bits per heavy atom. The second-order valence-corrected chi connectivity index (χ2v) is 4.65. The van der Waals surface area contributed by atoms with E-state index in [0.717, 1.165) is 16.9 Å². The van der Waals surface area contributed by atoms with Crippen LogP contribution in [0.15, 0.2) is 30.3 Å². The lowest BCUT2D eigenvalue weighted by Gasteiger charge is -2.25. The van der Waals surface area contributed by atoms with Gasteiger partial charge in [-0.3, -0.25) is 0 Å². The monoisotopic (exact) mass is 267 g/mol. The van der Waals surface area contributed by atoms with Crippen molar-refractivity contribution < 1.29 is 5.11 Å². The van der Waals surface area contributed by atoms with Crippen LogP contribution in [0, 0.1) is 25.2 Å². The Morgan fingerprint density at radius 1 is 1.25 bits per heavy atom. The summed E-state index contributed by atoms with van der Waals surface area (Å²) in [5.41, 5.74) is 3.27. The highest BCUT2D eigenvalue weighted by atomic mass is 16.3. The highest BCUT2D eigenvalue weighted by Gasteiger charge is 2.16. The summed E-state index contributed by atoms with van der Waals surface area (Å²) in [6, 6.07) is 11.0. The molecule has 0 aliphatic carbocycles. The quantitative estimate of drug-likeness (QED) is 0.925. The maximum Gasteiger partial charge on any atom is 0.151 e. The molecule has 0 fully saturated rings. The zero-order valence-corrected chi connectivity index (χ0v) is 11.9. The smallest absolute Gasteiger partial charge is 0.151 e. The molecule has 0 atom stereocenters. The van der Waals surface area contributed by atoms with Gasteiger partial charge in [0.2, 0.25) is 0 Å². The SMILES string of the molecule is CCN(c1cc(O)ccc1C)c1nc(C)ccc1C#N. The first-order valence-corrected chi connectivity index (χ1v) is 6.51. The van der Waals surface area contributed by atoms with E-state index >= 15 is 0 Å². The van der Waals surface area contributed by atoms with Crippen molar-refractivity contribution >= 4 is 11.5 Å². The summed E-state index contributed by atoms with van der Waals surface area (Å²) in [7, 11) is 0. The molecule has 102 valence electrons. The molecule has 2 aromatic rings. The number of nitrogens with zero attached hydrogens (tertiary/aromatic N) is 3. The topological polar surface area (TPSA) is 60.1 Å². The lowest BCUT2D eigenvalue weighted by atomic mass is 10.1. The number of pyridine rings is 1. The Morgan fingerprint density at radius 2 is 2.00 bits per heavy atom. The first-order valence-electron chi connectivity index (χ1n) is 6.51. The molecule has 2 rings (SSSR count). The minimum atomic E-state index is 0.204. The second kappa shape index (κ2) is 5.62. The number of anilines is 2. The van der Waals surface area contributed by atoms with Gasteiger partial charge in [-0.25, -0.2) is 4.98 Å². The highest BCUT2D eigenvalue weighted by molar-refractivity contribution is 5.69. The van der Waals surface area contributed by atoms with Crippen LogP contribution in [0.3, 0.4) is 0 Å². The fraction of sp³-hybridized carbons (Fsp3) is 0.250. The maximum absolute atomic E-state index is 9.70. The average molecular weight is 267 g/mol. The molecule has 0 radical (unpaired) electrons. The van der Waals surface area contributed by atoms with Gasteiger partial charge in [-0.05, 0) is 44.5 Å². The van der Waals surface area contributed by atoms with Gasteiger partial charge in [0, 0.05) is 24.0 Å². The Labute approximate surface area is 118 Å². The van der Waals surface area contributed by atoms with E-state index in [4.69, 9.17) is 0 Å².